The first-order valence-corrected chi connectivity index (χ1v) is 6.86. The summed E-state index contributed by atoms with van der Waals surface area (Å²) in [7, 11) is 0. The van der Waals surface area contributed by atoms with Crippen LogP contribution in [0.3, 0.4) is 0 Å². The van der Waals surface area contributed by atoms with Gasteiger partial charge in [-0.05, 0) is 0 Å². The molecule has 4 nitrogen and oxygen atoms in total. The molecule has 1 unspecified atom stereocenters. The minimum absolute atomic E-state index is 0.225. The molecule has 102 valence electrons. The van der Waals surface area contributed by atoms with Crippen LogP contribution in [0.4, 0.5) is 4.79 Å². The van der Waals surface area contributed by atoms with E-state index in [4.69, 9.17) is 4.74 Å². The molecule has 1 amide bonds. The summed E-state index contributed by atoms with van der Waals surface area (Å²) in [5, 5.41) is 2.82. The molecule has 0 aliphatic rings. The summed E-state index contributed by atoms with van der Waals surface area (Å²) in [4.78, 5) is 15.8. The Morgan fingerprint density at radius 1 is 1.42 bits per heavy atom. The van der Waals surface area contributed by atoms with E-state index in [9.17, 15) is 4.79 Å². The third-order valence-corrected chi connectivity index (χ3v) is 2.50. The van der Waals surface area contributed by atoms with Crippen LogP contribution in [0.1, 0.15) is 32.4 Å². The van der Waals surface area contributed by atoms with E-state index in [0.717, 1.165) is 5.56 Å². The van der Waals surface area contributed by atoms with Gasteiger partial charge in [-0.2, -0.15) is 0 Å². The van der Waals surface area contributed by atoms with Crippen molar-refractivity contribution in [1.82, 2.24) is 5.32 Å². The van der Waals surface area contributed by atoms with Crippen molar-refractivity contribution in [3.05, 3.63) is 35.9 Å². The molecule has 19 heavy (non-hydrogen) atoms. The molecule has 0 aliphatic carbocycles. The Morgan fingerprint density at radius 2 is 2.05 bits per heavy atom. The number of nitrogens with one attached hydrogen (secondary N) is 1. The van der Waals surface area contributed by atoms with E-state index in [0.29, 0.717) is 6.54 Å². The summed E-state index contributed by atoms with van der Waals surface area (Å²) < 4.78 is 7.85. The van der Waals surface area contributed by atoms with Gasteiger partial charge in [-0.1, -0.05) is 0 Å². The number of ether oxygens (including phenoxy) is 1. The number of aliphatic imine (C=N–C) groups is 1. The Kier molecular flexibility index (Phi) is 5.97. The van der Waals surface area contributed by atoms with Gasteiger partial charge in [0.2, 0.25) is 0 Å². The number of amides is 1. The Balaban J connectivity index is 2.76. The second kappa shape index (κ2) is 7.25. The van der Waals surface area contributed by atoms with Crippen LogP contribution < -0.4 is 5.32 Å². The second-order valence-corrected chi connectivity index (χ2v) is 5.42. The number of hydrogen-bond acceptors (Lipinski definition) is 3. The van der Waals surface area contributed by atoms with Gasteiger partial charge in [0, 0.05) is 0 Å². The van der Waals surface area contributed by atoms with E-state index >= 15 is 0 Å². The zero-order valence-electron chi connectivity index (χ0n) is 11.3. The molecule has 1 rings (SSSR count). The van der Waals surface area contributed by atoms with Crippen molar-refractivity contribution < 1.29 is 9.53 Å². The molecular weight excluding hydrogens is 307 g/mol. The SMILES string of the molecule is CC(C)(C)OC(=O)NC(CN=C=[Se])c1ccccc1. The summed E-state index contributed by atoms with van der Waals surface area (Å²) in [5.41, 5.74) is 0.464. The second-order valence-electron chi connectivity index (χ2n) is 5.04. The molecule has 1 aromatic rings. The molecule has 1 aromatic carbocycles. The fraction of sp³-hybridized carbons (Fsp3) is 0.429. The van der Waals surface area contributed by atoms with Crippen LogP contribution in [0.2, 0.25) is 0 Å². The van der Waals surface area contributed by atoms with Crippen LogP contribution in [0.15, 0.2) is 35.3 Å². The van der Waals surface area contributed by atoms with Crippen LogP contribution >= 0.6 is 0 Å². The van der Waals surface area contributed by atoms with E-state index in [1.54, 1.807) is 0 Å². The molecule has 0 fully saturated rings. The van der Waals surface area contributed by atoms with Crippen LogP contribution in [0.5, 0.6) is 0 Å². The van der Waals surface area contributed by atoms with E-state index in [1.807, 2.05) is 51.1 Å². The molecule has 0 aliphatic heterocycles. The standard InChI is InChI=1S/C14H18N2O2Se/c1-14(2,3)18-13(17)16-12(9-15-10-19)11-7-5-4-6-8-11/h4-8,12H,9H2,1-3H3,(H,16,17). The maximum atomic E-state index is 11.8. The van der Waals surface area contributed by atoms with Gasteiger partial charge < -0.3 is 0 Å². The van der Waals surface area contributed by atoms with E-state index < -0.39 is 11.7 Å². The maximum absolute atomic E-state index is 11.8. The van der Waals surface area contributed by atoms with Crippen molar-refractivity contribution in [3.8, 4) is 0 Å². The molecule has 1 atom stereocenters. The zero-order valence-corrected chi connectivity index (χ0v) is 13.1. The molecule has 1 N–H and O–H groups in total. The first-order chi connectivity index (χ1) is 8.92. The van der Waals surface area contributed by atoms with Gasteiger partial charge in [0.1, 0.15) is 0 Å². The number of rotatable bonds is 4. The summed E-state index contributed by atoms with van der Waals surface area (Å²) >= 11 is 2.58. The van der Waals surface area contributed by atoms with Gasteiger partial charge in [-0.15, -0.1) is 0 Å². The first-order valence-electron chi connectivity index (χ1n) is 6.00. The molecular formula is C14H18N2O2Se. The summed E-state index contributed by atoms with van der Waals surface area (Å²) in [5.74, 6) is 0. The van der Waals surface area contributed by atoms with Crippen LogP contribution in [0.25, 0.3) is 0 Å². The average Bonchev–Trinajstić information content (AvgIpc) is 2.33. The van der Waals surface area contributed by atoms with Crippen molar-refractivity contribution in [2.45, 2.75) is 32.4 Å². The zero-order chi connectivity index (χ0) is 14.3. The van der Waals surface area contributed by atoms with Crippen molar-refractivity contribution in [1.29, 1.82) is 0 Å². The summed E-state index contributed by atoms with van der Waals surface area (Å²) in [6, 6.07) is 9.43. The Hall–Kier alpha value is -1.41. The molecule has 0 saturated heterocycles. The van der Waals surface area contributed by atoms with Crippen LogP contribution in [-0.4, -0.2) is 38.5 Å². The van der Waals surface area contributed by atoms with Crippen LogP contribution in [-0.2, 0) is 4.74 Å². The number of carbonyl (C=O) groups is 1. The van der Waals surface area contributed by atoms with Gasteiger partial charge in [0.15, 0.2) is 0 Å². The van der Waals surface area contributed by atoms with Gasteiger partial charge in [0.05, 0.1) is 0 Å². The monoisotopic (exact) mass is 326 g/mol. The predicted octanol–water partition coefficient (Wildman–Crippen LogP) is 2.33. The van der Waals surface area contributed by atoms with Crippen molar-refractivity contribution in [3.63, 3.8) is 0 Å². The molecule has 0 aromatic heterocycles. The Bertz CT molecular complexity index is 462. The number of nitrogens with zero attached hydrogens (tertiary/aromatic N) is 1. The molecule has 0 saturated carbocycles. The van der Waals surface area contributed by atoms with E-state index in [1.165, 1.54) is 0 Å². The molecule has 0 heterocycles. The third-order valence-electron chi connectivity index (χ3n) is 2.23. The number of alkyl carbamates (subject to hydrolysis) is 1. The summed E-state index contributed by atoms with van der Waals surface area (Å²) in [6.07, 6.45) is -0.448. The average molecular weight is 325 g/mol. The summed E-state index contributed by atoms with van der Waals surface area (Å²) in [6.45, 7) is 5.90. The molecule has 5 heteroatoms. The molecule has 0 spiro atoms. The number of hydrogen-bond donors (Lipinski definition) is 1. The minimum atomic E-state index is -0.515. The van der Waals surface area contributed by atoms with Crippen LogP contribution in [0, 0.1) is 0 Å². The van der Waals surface area contributed by atoms with Gasteiger partial charge >= 0.3 is 121 Å². The normalized spacial score (nSPS) is 12.2. The fourth-order valence-electron chi connectivity index (χ4n) is 1.50. The van der Waals surface area contributed by atoms with Crippen molar-refractivity contribution in [2.75, 3.05) is 6.54 Å². The first kappa shape index (κ1) is 15.6. The van der Waals surface area contributed by atoms with Gasteiger partial charge in [-0.3, -0.25) is 0 Å². The van der Waals surface area contributed by atoms with Gasteiger partial charge in [0.25, 0.3) is 0 Å². The third kappa shape index (κ3) is 6.35. The number of carbonyl (C=O) groups excluding carboxylic acids is 1. The Morgan fingerprint density at radius 3 is 2.58 bits per heavy atom. The Labute approximate surface area is 121 Å². The fourth-order valence-corrected chi connectivity index (χ4v) is 1.65. The number of benzene rings is 1. The van der Waals surface area contributed by atoms with Crippen molar-refractivity contribution in [2.24, 2.45) is 4.99 Å². The molecule has 0 bridgehead atoms. The predicted molar refractivity (Wildman–Crippen MR) is 76.6 cm³/mol. The quantitative estimate of drug-likeness (QED) is 0.682. The van der Waals surface area contributed by atoms with Crippen molar-refractivity contribution >= 4 is 26.4 Å². The topological polar surface area (TPSA) is 50.7 Å². The van der Waals surface area contributed by atoms with Gasteiger partial charge in [-0.25, -0.2) is 0 Å². The van der Waals surface area contributed by atoms with E-state index in [2.05, 4.69) is 30.6 Å². The molecule has 0 radical (unpaired) electrons. The van der Waals surface area contributed by atoms with E-state index in [-0.39, 0.29) is 6.04 Å².